The van der Waals surface area contributed by atoms with Crippen molar-refractivity contribution in [2.45, 2.75) is 26.3 Å². The number of carbonyl (C=O) groups is 1. The van der Waals surface area contributed by atoms with Crippen LogP contribution in [0.3, 0.4) is 0 Å². The maximum absolute atomic E-state index is 11.3. The van der Waals surface area contributed by atoms with E-state index in [0.717, 1.165) is 4.57 Å². The van der Waals surface area contributed by atoms with Crippen molar-refractivity contribution < 1.29 is 9.90 Å². The zero-order valence-corrected chi connectivity index (χ0v) is 8.48. The minimum Gasteiger partial charge on any atom is -0.480 e. The molecule has 1 aromatic heterocycles. The number of hydrogen-bond donors (Lipinski definition) is 2. The lowest BCUT2D eigenvalue weighted by Crippen LogP contribution is -2.35. The fraction of sp³-hybridized carbons (Fsp3) is 0.444. The molecule has 1 aromatic rings. The minimum absolute atomic E-state index is 0.391. The Morgan fingerprint density at radius 3 is 2.67 bits per heavy atom. The highest BCUT2D eigenvalue weighted by molar-refractivity contribution is 5.71. The van der Waals surface area contributed by atoms with Gasteiger partial charge in [0.15, 0.2) is 0 Å². The molecule has 0 bridgehead atoms. The maximum atomic E-state index is 11.3. The smallest absolute Gasteiger partial charge is 0.329 e. The summed E-state index contributed by atoms with van der Waals surface area (Å²) >= 11 is 0. The molecule has 1 unspecified atom stereocenters. The number of rotatable bonds is 3. The van der Waals surface area contributed by atoms with Crippen molar-refractivity contribution in [3.63, 3.8) is 0 Å². The topological polar surface area (TPSA) is 92.2 Å². The molecule has 0 fully saturated rings. The summed E-state index contributed by atoms with van der Waals surface area (Å²) in [5.41, 5.74) is -0.772. The fourth-order valence-electron chi connectivity index (χ4n) is 1.19. The van der Waals surface area contributed by atoms with E-state index >= 15 is 0 Å². The molecule has 2 N–H and O–H groups in total. The third-order valence-corrected chi connectivity index (χ3v) is 2.20. The second kappa shape index (κ2) is 4.12. The van der Waals surface area contributed by atoms with Crippen LogP contribution >= 0.6 is 0 Å². The molecule has 0 amide bonds. The number of H-pyrrole nitrogens is 1. The number of carboxylic acids is 1. The van der Waals surface area contributed by atoms with Crippen LogP contribution in [-0.4, -0.2) is 20.6 Å². The van der Waals surface area contributed by atoms with Crippen LogP contribution in [0.1, 0.15) is 25.5 Å². The Hall–Kier alpha value is -1.85. The van der Waals surface area contributed by atoms with Gasteiger partial charge in [0.25, 0.3) is 5.56 Å². The van der Waals surface area contributed by atoms with Crippen molar-refractivity contribution in [3.8, 4) is 0 Å². The summed E-state index contributed by atoms with van der Waals surface area (Å²) in [7, 11) is 0. The van der Waals surface area contributed by atoms with Gasteiger partial charge in [-0.05, 0) is 13.3 Å². The van der Waals surface area contributed by atoms with Crippen LogP contribution in [0.25, 0.3) is 0 Å². The van der Waals surface area contributed by atoms with Gasteiger partial charge in [0.05, 0.1) is 0 Å². The van der Waals surface area contributed by atoms with Crippen molar-refractivity contribution in [2.24, 2.45) is 0 Å². The summed E-state index contributed by atoms with van der Waals surface area (Å²) in [4.78, 5) is 35.3. The SMILES string of the molecule is CCc1cn(C(C)C(=O)O)c(=O)[nH]c1=O. The monoisotopic (exact) mass is 212 g/mol. The molecule has 1 rings (SSSR count). The van der Waals surface area contributed by atoms with Gasteiger partial charge in [-0.25, -0.2) is 9.59 Å². The third-order valence-electron chi connectivity index (χ3n) is 2.20. The third kappa shape index (κ3) is 2.15. The first-order valence-electron chi connectivity index (χ1n) is 4.54. The van der Waals surface area contributed by atoms with Gasteiger partial charge >= 0.3 is 11.7 Å². The van der Waals surface area contributed by atoms with E-state index in [0.29, 0.717) is 12.0 Å². The Labute approximate surface area is 85.2 Å². The van der Waals surface area contributed by atoms with Crippen LogP contribution in [0.15, 0.2) is 15.8 Å². The van der Waals surface area contributed by atoms with Gasteiger partial charge in [-0.15, -0.1) is 0 Å². The van der Waals surface area contributed by atoms with Crippen molar-refractivity contribution in [1.29, 1.82) is 0 Å². The average molecular weight is 212 g/mol. The van der Waals surface area contributed by atoms with E-state index in [1.165, 1.54) is 13.1 Å². The first kappa shape index (κ1) is 11.2. The van der Waals surface area contributed by atoms with E-state index in [1.807, 2.05) is 0 Å². The molecule has 0 radical (unpaired) electrons. The van der Waals surface area contributed by atoms with Crippen LogP contribution in [0.4, 0.5) is 0 Å². The quantitative estimate of drug-likeness (QED) is 0.722. The summed E-state index contributed by atoms with van der Waals surface area (Å²) in [5, 5.41) is 8.74. The number of aromatic amines is 1. The molecule has 0 aliphatic heterocycles. The fourth-order valence-corrected chi connectivity index (χ4v) is 1.19. The number of hydrogen-bond acceptors (Lipinski definition) is 3. The first-order chi connectivity index (χ1) is 6.97. The van der Waals surface area contributed by atoms with Crippen LogP contribution in [0.2, 0.25) is 0 Å². The minimum atomic E-state index is -1.12. The van der Waals surface area contributed by atoms with E-state index in [-0.39, 0.29) is 0 Å². The van der Waals surface area contributed by atoms with Gasteiger partial charge < -0.3 is 5.11 Å². The molecule has 0 aromatic carbocycles. The Morgan fingerprint density at radius 2 is 2.20 bits per heavy atom. The van der Waals surface area contributed by atoms with Gasteiger partial charge in [-0.3, -0.25) is 14.3 Å². The molecule has 0 spiro atoms. The molecule has 6 heteroatoms. The molecule has 0 saturated heterocycles. The van der Waals surface area contributed by atoms with E-state index < -0.39 is 23.3 Å². The van der Waals surface area contributed by atoms with Gasteiger partial charge in [-0.2, -0.15) is 0 Å². The highest BCUT2D eigenvalue weighted by Crippen LogP contribution is 2.01. The molecule has 15 heavy (non-hydrogen) atoms. The summed E-state index contributed by atoms with van der Waals surface area (Å²) in [5.74, 6) is -1.12. The lowest BCUT2D eigenvalue weighted by molar-refractivity contribution is -0.140. The normalized spacial score (nSPS) is 12.4. The molecule has 0 aliphatic rings. The van der Waals surface area contributed by atoms with Crippen molar-refractivity contribution >= 4 is 5.97 Å². The van der Waals surface area contributed by atoms with Gasteiger partial charge in [0, 0.05) is 11.8 Å². The van der Waals surface area contributed by atoms with Gasteiger partial charge in [-0.1, -0.05) is 6.92 Å². The first-order valence-corrected chi connectivity index (χ1v) is 4.54. The van der Waals surface area contributed by atoms with Crippen LogP contribution < -0.4 is 11.2 Å². The number of aromatic nitrogens is 2. The highest BCUT2D eigenvalue weighted by atomic mass is 16.4. The predicted molar refractivity (Wildman–Crippen MR) is 53.0 cm³/mol. The summed E-state index contributed by atoms with van der Waals surface area (Å²) < 4.78 is 1.00. The Morgan fingerprint density at radius 1 is 1.60 bits per heavy atom. The van der Waals surface area contributed by atoms with E-state index in [4.69, 9.17) is 5.11 Å². The largest absolute Gasteiger partial charge is 0.480 e. The molecule has 1 heterocycles. The summed E-state index contributed by atoms with van der Waals surface area (Å²) in [6.45, 7) is 3.13. The van der Waals surface area contributed by atoms with Crippen molar-refractivity contribution in [3.05, 3.63) is 32.6 Å². The molecule has 1 atom stereocenters. The average Bonchev–Trinajstić information content (AvgIpc) is 2.17. The highest BCUT2D eigenvalue weighted by Gasteiger charge is 2.15. The summed E-state index contributed by atoms with van der Waals surface area (Å²) in [6, 6.07) is -0.986. The predicted octanol–water partition coefficient (Wildman–Crippen LogP) is -0.255. The van der Waals surface area contributed by atoms with Crippen LogP contribution in [0, 0.1) is 0 Å². The molecular formula is C9H12N2O4. The Kier molecular flexibility index (Phi) is 3.08. The zero-order chi connectivity index (χ0) is 11.6. The van der Waals surface area contributed by atoms with Crippen molar-refractivity contribution in [1.82, 2.24) is 9.55 Å². The van der Waals surface area contributed by atoms with E-state index in [9.17, 15) is 14.4 Å². The standard InChI is InChI=1S/C9H12N2O4/c1-3-6-4-11(5(2)8(13)14)9(15)10-7(6)12/h4-5H,3H2,1-2H3,(H,13,14)(H,10,12,15). The lowest BCUT2D eigenvalue weighted by Gasteiger charge is -2.10. The van der Waals surface area contributed by atoms with Gasteiger partial charge in [0.2, 0.25) is 0 Å². The summed E-state index contributed by atoms with van der Waals surface area (Å²) in [6.07, 6.45) is 1.74. The zero-order valence-electron chi connectivity index (χ0n) is 8.48. The Balaban J connectivity index is 3.37. The lowest BCUT2D eigenvalue weighted by atomic mass is 10.2. The number of carboxylic acid groups (broad SMARTS) is 1. The molecule has 82 valence electrons. The molecule has 0 saturated carbocycles. The number of nitrogens with zero attached hydrogens (tertiary/aromatic N) is 1. The van der Waals surface area contributed by atoms with Crippen LogP contribution in [0.5, 0.6) is 0 Å². The van der Waals surface area contributed by atoms with E-state index in [1.54, 1.807) is 6.92 Å². The number of aliphatic carboxylic acids is 1. The van der Waals surface area contributed by atoms with Crippen molar-refractivity contribution in [2.75, 3.05) is 0 Å². The van der Waals surface area contributed by atoms with Gasteiger partial charge in [0.1, 0.15) is 6.04 Å². The molecule has 6 nitrogen and oxygen atoms in total. The van der Waals surface area contributed by atoms with E-state index in [2.05, 4.69) is 4.98 Å². The number of aryl methyl sites for hydroxylation is 1. The second-order valence-electron chi connectivity index (χ2n) is 3.19. The molecule has 0 aliphatic carbocycles. The number of nitrogens with one attached hydrogen (secondary N) is 1. The Bertz CT molecular complexity index is 486. The maximum Gasteiger partial charge on any atom is 0.329 e. The molecular weight excluding hydrogens is 200 g/mol. The van der Waals surface area contributed by atoms with Crippen LogP contribution in [-0.2, 0) is 11.2 Å². The second-order valence-corrected chi connectivity index (χ2v) is 3.19.